The van der Waals surface area contributed by atoms with Crippen molar-refractivity contribution in [1.29, 1.82) is 0 Å². The molecule has 3 aromatic carbocycles. The fourth-order valence-electron chi connectivity index (χ4n) is 9.73. The number of piperazine rings is 2. The third kappa shape index (κ3) is 12.0. The Morgan fingerprint density at radius 3 is 2.25 bits per heavy atom. The molecule has 3 saturated heterocycles. The Labute approximate surface area is 411 Å². The van der Waals surface area contributed by atoms with Crippen LogP contribution >= 0.6 is 0 Å². The Bertz CT molecular complexity index is 2930. The first-order chi connectivity index (χ1) is 34.6. The Hall–Kier alpha value is -7.28. The summed E-state index contributed by atoms with van der Waals surface area (Å²) in [6.07, 6.45) is 6.40. The quantitative estimate of drug-likeness (QED) is 0.133. The molecule has 0 atom stereocenters. The predicted molar refractivity (Wildman–Crippen MR) is 267 cm³/mol. The fraction of sp³-hybridized carbons (Fsp3) is 0.377. The van der Waals surface area contributed by atoms with Crippen LogP contribution in [0, 0.1) is 11.7 Å². The Balaban J connectivity index is 0.721. The average molecular weight is 963 g/mol. The number of nitrogens with zero attached hydrogens (tertiary/aromatic N) is 9. The van der Waals surface area contributed by atoms with Crippen molar-refractivity contribution in [2.45, 2.75) is 39.2 Å². The molecule has 0 unspecified atom stereocenters. The molecule has 0 bridgehead atoms. The highest BCUT2D eigenvalue weighted by atomic mass is 19.1. The number of piperidine rings is 1. The lowest BCUT2D eigenvalue weighted by atomic mass is 9.96. The highest BCUT2D eigenvalue weighted by Crippen LogP contribution is 2.27. The number of aryl methyl sites for hydroxylation is 1. The van der Waals surface area contributed by atoms with Gasteiger partial charge in [-0.05, 0) is 91.4 Å². The highest BCUT2D eigenvalue weighted by molar-refractivity contribution is 6.03. The molecule has 3 aromatic heterocycles. The molecule has 0 spiro atoms. The van der Waals surface area contributed by atoms with E-state index in [1.54, 1.807) is 52.5 Å². The summed E-state index contributed by atoms with van der Waals surface area (Å²) in [7, 11) is 0. The van der Waals surface area contributed by atoms with Crippen molar-refractivity contribution in [1.82, 2.24) is 55.2 Å². The molecule has 3 aliphatic rings. The van der Waals surface area contributed by atoms with E-state index in [-0.39, 0.29) is 41.1 Å². The summed E-state index contributed by atoms with van der Waals surface area (Å²) >= 11 is 0. The molecule has 71 heavy (non-hydrogen) atoms. The van der Waals surface area contributed by atoms with E-state index < -0.39 is 11.7 Å². The van der Waals surface area contributed by atoms with Crippen molar-refractivity contribution in [2.24, 2.45) is 5.92 Å². The van der Waals surface area contributed by atoms with E-state index >= 15 is 4.39 Å². The van der Waals surface area contributed by atoms with Crippen LogP contribution in [0.15, 0.2) is 102 Å². The Morgan fingerprint density at radius 2 is 1.49 bits per heavy atom. The van der Waals surface area contributed by atoms with Gasteiger partial charge in [0.15, 0.2) is 5.69 Å². The minimum atomic E-state index is -0.612. The van der Waals surface area contributed by atoms with Gasteiger partial charge in [-0.2, -0.15) is 15.3 Å². The monoisotopic (exact) mass is 962 g/mol. The van der Waals surface area contributed by atoms with Crippen molar-refractivity contribution < 1.29 is 23.6 Å². The number of amides is 4. The van der Waals surface area contributed by atoms with Gasteiger partial charge in [-0.3, -0.25) is 33.8 Å². The molecule has 4 amide bonds. The summed E-state index contributed by atoms with van der Waals surface area (Å²) < 4.78 is 15.1. The zero-order chi connectivity index (χ0) is 49.3. The van der Waals surface area contributed by atoms with Crippen LogP contribution in [0.25, 0.3) is 21.9 Å². The van der Waals surface area contributed by atoms with Gasteiger partial charge < -0.3 is 25.3 Å². The summed E-state index contributed by atoms with van der Waals surface area (Å²) in [5.74, 6) is -1.06. The number of aromatic amines is 1. The number of H-pyrrole nitrogens is 1. The first-order valence-electron chi connectivity index (χ1n) is 24.5. The molecule has 9 rings (SSSR count). The molecule has 6 heterocycles. The number of carbonyl (C=O) groups excluding carboxylic acids is 4. The molecular weight excluding hydrogens is 904 g/mol. The van der Waals surface area contributed by atoms with Crippen LogP contribution in [-0.4, -0.2) is 159 Å². The van der Waals surface area contributed by atoms with Crippen molar-refractivity contribution in [2.75, 3.05) is 90.4 Å². The number of anilines is 1. The Kier molecular flexibility index (Phi) is 15.5. The minimum Gasteiger partial charge on any atom is -0.338 e. The zero-order valence-corrected chi connectivity index (χ0v) is 40.0. The van der Waals surface area contributed by atoms with Gasteiger partial charge in [0.1, 0.15) is 5.82 Å². The summed E-state index contributed by atoms with van der Waals surface area (Å²) in [4.78, 5) is 81.1. The number of carbonyl (C=O) groups is 4. The lowest BCUT2D eigenvalue weighted by molar-refractivity contribution is -0.134. The molecule has 3 aliphatic heterocycles. The number of hydrogen-bond donors (Lipinski definition) is 3. The first kappa shape index (κ1) is 48.7. The lowest BCUT2D eigenvalue weighted by Crippen LogP contribution is -2.53. The number of fused-ring (bicyclic) bond motifs is 1. The maximum absolute atomic E-state index is 15.1. The van der Waals surface area contributed by atoms with Crippen LogP contribution in [-0.2, 0) is 29.0 Å². The third-order valence-electron chi connectivity index (χ3n) is 13.8. The van der Waals surface area contributed by atoms with Crippen LogP contribution < -0.4 is 16.2 Å². The van der Waals surface area contributed by atoms with E-state index in [2.05, 4.69) is 64.9 Å². The molecular formula is C53H59FN12O5. The van der Waals surface area contributed by atoms with Crippen LogP contribution in [0.3, 0.4) is 0 Å². The van der Waals surface area contributed by atoms with Gasteiger partial charge in [0.25, 0.3) is 17.4 Å². The number of likely N-dealkylation sites (tertiary alicyclic amines) is 1. The Morgan fingerprint density at radius 1 is 0.746 bits per heavy atom. The zero-order valence-electron chi connectivity index (χ0n) is 40.0. The predicted octanol–water partition coefficient (Wildman–Crippen LogP) is 4.25. The second-order valence-corrected chi connectivity index (χ2v) is 18.6. The van der Waals surface area contributed by atoms with Crippen molar-refractivity contribution in [3.8, 4) is 11.1 Å². The van der Waals surface area contributed by atoms with E-state index in [0.29, 0.717) is 98.1 Å². The third-order valence-corrected chi connectivity index (χ3v) is 13.8. The maximum Gasteiger partial charge on any atom is 0.274 e. The average Bonchev–Trinajstić information content (AvgIpc) is 3.40. The van der Waals surface area contributed by atoms with E-state index in [9.17, 15) is 24.0 Å². The largest absolute Gasteiger partial charge is 0.338 e. The van der Waals surface area contributed by atoms with E-state index in [4.69, 9.17) is 0 Å². The summed E-state index contributed by atoms with van der Waals surface area (Å²) in [6.45, 7) is 9.19. The summed E-state index contributed by atoms with van der Waals surface area (Å²) in [5.41, 5.74) is 5.21. The van der Waals surface area contributed by atoms with E-state index in [0.717, 1.165) is 63.1 Å². The molecule has 6 aromatic rings. The van der Waals surface area contributed by atoms with Gasteiger partial charge in [-0.25, -0.2) is 14.5 Å². The summed E-state index contributed by atoms with van der Waals surface area (Å²) in [5, 5.41) is 22.0. The molecule has 0 saturated carbocycles. The number of halogens is 1. The SMILES string of the molecule is CCc1cccc(-c2cnc(C(=O)N3CCN(CC4CCN(CC(=O)N5CCN(C(=O)c6cc(Cc7n[nH]c(=O)c8ccccc78)ccc6F)CC5)CC4)CC3)c(NC(=O)CNCc3cccnn3)c2)c1. The van der Waals surface area contributed by atoms with Gasteiger partial charge in [0.05, 0.1) is 41.1 Å². The number of aromatic nitrogens is 5. The molecule has 0 radical (unpaired) electrons. The molecule has 18 heteroatoms. The van der Waals surface area contributed by atoms with Crippen LogP contribution in [0.1, 0.15) is 63.1 Å². The lowest BCUT2D eigenvalue weighted by Gasteiger charge is -2.39. The molecule has 368 valence electrons. The number of pyridine rings is 1. The van der Waals surface area contributed by atoms with Gasteiger partial charge in [-0.15, -0.1) is 0 Å². The second-order valence-electron chi connectivity index (χ2n) is 18.6. The van der Waals surface area contributed by atoms with Crippen molar-refractivity contribution in [3.05, 3.63) is 147 Å². The number of hydrogen-bond acceptors (Lipinski definition) is 12. The summed E-state index contributed by atoms with van der Waals surface area (Å²) in [6, 6.07) is 25.2. The molecule has 0 aliphatic carbocycles. The van der Waals surface area contributed by atoms with Gasteiger partial charge in [-0.1, -0.05) is 55.5 Å². The van der Waals surface area contributed by atoms with E-state index in [1.807, 2.05) is 41.3 Å². The topological polar surface area (TPSA) is 193 Å². The van der Waals surface area contributed by atoms with Crippen LogP contribution in [0.2, 0.25) is 0 Å². The van der Waals surface area contributed by atoms with Crippen LogP contribution in [0.5, 0.6) is 0 Å². The van der Waals surface area contributed by atoms with Crippen LogP contribution in [0.4, 0.5) is 10.1 Å². The number of rotatable bonds is 15. The maximum atomic E-state index is 15.1. The van der Waals surface area contributed by atoms with Crippen molar-refractivity contribution >= 4 is 40.1 Å². The standard InChI is InChI=1S/C53H59FN12O5/c1-2-36-7-5-8-39(27-36)40-30-47(58-48(67)33-55-32-41-9-6-16-57-59-41)50(56-31-40)53(71)66-21-19-63(20-22-66)34-37-14-17-62(18-15-37)35-49(68)64-23-25-65(26-24-64)52(70)44-28-38(12-13-45(44)54)29-46-42-10-3-4-11-43(42)51(69)61-60-46/h3-13,16,27-28,30-31,37,55H,2,14-15,17-26,29,32-35H2,1H3,(H,58,67)(H,61,69). The van der Waals surface area contributed by atoms with E-state index in [1.165, 1.54) is 11.6 Å². The van der Waals surface area contributed by atoms with Gasteiger partial charge in [0.2, 0.25) is 11.8 Å². The number of benzene rings is 3. The minimum absolute atomic E-state index is 0.0103. The highest BCUT2D eigenvalue weighted by Gasteiger charge is 2.31. The molecule has 3 fully saturated rings. The number of nitrogens with one attached hydrogen (secondary N) is 3. The van der Waals surface area contributed by atoms with Gasteiger partial charge >= 0.3 is 0 Å². The molecule has 17 nitrogen and oxygen atoms in total. The second kappa shape index (κ2) is 22.6. The first-order valence-corrected chi connectivity index (χ1v) is 24.5. The fourth-order valence-corrected chi connectivity index (χ4v) is 9.73. The molecule has 3 N–H and O–H groups in total. The normalized spacial score (nSPS) is 16.1. The van der Waals surface area contributed by atoms with Gasteiger partial charge in [0, 0.05) is 95.2 Å². The van der Waals surface area contributed by atoms with Crippen molar-refractivity contribution in [3.63, 3.8) is 0 Å². The smallest absolute Gasteiger partial charge is 0.274 e.